The van der Waals surface area contributed by atoms with Crippen LogP contribution in [0.5, 0.6) is 5.75 Å². The van der Waals surface area contributed by atoms with E-state index in [0.29, 0.717) is 31.9 Å². The standard InChI is InChI=1S/C20H21NO3/c1-23-18-9-7-16(8-10-18)15-19(17-5-3-2-4-6-17)20(22)21-11-13-24-14-12-21/h2-10,15H,11-14H2,1H3. The molecule has 1 aliphatic rings. The lowest BCUT2D eigenvalue weighted by atomic mass is 10.0. The van der Waals surface area contributed by atoms with E-state index in [0.717, 1.165) is 16.9 Å². The van der Waals surface area contributed by atoms with Crippen LogP contribution in [-0.2, 0) is 9.53 Å². The van der Waals surface area contributed by atoms with Crippen molar-refractivity contribution in [3.63, 3.8) is 0 Å². The van der Waals surface area contributed by atoms with Crippen molar-refractivity contribution in [1.29, 1.82) is 0 Å². The minimum atomic E-state index is 0.0420. The van der Waals surface area contributed by atoms with Gasteiger partial charge < -0.3 is 14.4 Å². The molecule has 1 amide bonds. The molecular formula is C20H21NO3. The van der Waals surface area contributed by atoms with Crippen molar-refractivity contribution < 1.29 is 14.3 Å². The Bertz CT molecular complexity index is 701. The van der Waals surface area contributed by atoms with Gasteiger partial charge in [-0.25, -0.2) is 0 Å². The molecule has 1 saturated heterocycles. The highest BCUT2D eigenvalue weighted by molar-refractivity contribution is 6.24. The first-order valence-electron chi connectivity index (χ1n) is 8.06. The summed E-state index contributed by atoms with van der Waals surface area (Å²) in [6.07, 6.45) is 1.94. The number of hydrogen-bond donors (Lipinski definition) is 0. The normalized spacial score (nSPS) is 15.2. The van der Waals surface area contributed by atoms with Gasteiger partial charge in [-0.2, -0.15) is 0 Å². The Morgan fingerprint density at radius 2 is 1.71 bits per heavy atom. The molecule has 4 heteroatoms. The lowest BCUT2D eigenvalue weighted by molar-refractivity contribution is -0.128. The van der Waals surface area contributed by atoms with Crippen LogP contribution in [0, 0.1) is 0 Å². The molecule has 2 aromatic carbocycles. The van der Waals surface area contributed by atoms with Crippen LogP contribution in [-0.4, -0.2) is 44.2 Å². The molecule has 0 atom stereocenters. The highest BCUT2D eigenvalue weighted by Gasteiger charge is 2.21. The number of morpholine rings is 1. The average molecular weight is 323 g/mol. The van der Waals surface area contributed by atoms with Crippen LogP contribution in [0.25, 0.3) is 11.6 Å². The monoisotopic (exact) mass is 323 g/mol. The fourth-order valence-electron chi connectivity index (χ4n) is 2.69. The van der Waals surface area contributed by atoms with E-state index in [9.17, 15) is 4.79 Å². The van der Waals surface area contributed by atoms with Gasteiger partial charge in [0.15, 0.2) is 0 Å². The SMILES string of the molecule is COc1ccc(C=C(C(=O)N2CCOCC2)c2ccccc2)cc1. The van der Waals surface area contributed by atoms with E-state index in [1.165, 1.54) is 0 Å². The molecule has 0 spiro atoms. The van der Waals surface area contributed by atoms with E-state index in [4.69, 9.17) is 9.47 Å². The van der Waals surface area contributed by atoms with Crippen molar-refractivity contribution in [2.75, 3.05) is 33.4 Å². The lowest BCUT2D eigenvalue weighted by Gasteiger charge is -2.28. The van der Waals surface area contributed by atoms with Gasteiger partial charge in [0.1, 0.15) is 5.75 Å². The van der Waals surface area contributed by atoms with E-state index >= 15 is 0 Å². The van der Waals surface area contributed by atoms with E-state index in [1.54, 1.807) is 7.11 Å². The molecule has 0 N–H and O–H groups in total. The lowest BCUT2D eigenvalue weighted by Crippen LogP contribution is -2.41. The molecule has 3 rings (SSSR count). The van der Waals surface area contributed by atoms with Gasteiger partial charge >= 0.3 is 0 Å². The van der Waals surface area contributed by atoms with Gasteiger partial charge in [0.2, 0.25) is 0 Å². The van der Waals surface area contributed by atoms with Gasteiger partial charge in [0.05, 0.1) is 20.3 Å². The second kappa shape index (κ2) is 7.79. The zero-order valence-electron chi connectivity index (χ0n) is 13.8. The number of carbonyl (C=O) groups excluding carboxylic acids is 1. The minimum Gasteiger partial charge on any atom is -0.497 e. The maximum absolute atomic E-state index is 13.0. The number of hydrogen-bond acceptors (Lipinski definition) is 3. The Balaban J connectivity index is 1.94. The average Bonchev–Trinajstić information content (AvgIpc) is 2.67. The summed E-state index contributed by atoms with van der Waals surface area (Å²) in [6, 6.07) is 17.5. The van der Waals surface area contributed by atoms with Crippen LogP contribution in [0.4, 0.5) is 0 Å². The third-order valence-electron chi connectivity index (χ3n) is 4.04. The van der Waals surface area contributed by atoms with Gasteiger partial charge in [-0.15, -0.1) is 0 Å². The quantitative estimate of drug-likeness (QED) is 0.641. The number of nitrogens with zero attached hydrogens (tertiary/aromatic N) is 1. The maximum Gasteiger partial charge on any atom is 0.254 e. The largest absolute Gasteiger partial charge is 0.497 e. The zero-order chi connectivity index (χ0) is 16.8. The number of benzene rings is 2. The molecule has 4 nitrogen and oxygen atoms in total. The first-order chi connectivity index (χ1) is 11.8. The summed E-state index contributed by atoms with van der Waals surface area (Å²) in [5, 5.41) is 0. The molecule has 0 aliphatic carbocycles. The molecule has 1 aliphatic heterocycles. The molecule has 1 fully saturated rings. The fourth-order valence-corrected chi connectivity index (χ4v) is 2.69. The van der Waals surface area contributed by atoms with Crippen molar-refractivity contribution in [2.24, 2.45) is 0 Å². The predicted molar refractivity (Wildman–Crippen MR) is 94.7 cm³/mol. The van der Waals surface area contributed by atoms with E-state index in [2.05, 4.69) is 0 Å². The first-order valence-corrected chi connectivity index (χ1v) is 8.06. The number of ether oxygens (including phenoxy) is 2. The van der Waals surface area contributed by atoms with Crippen LogP contribution >= 0.6 is 0 Å². The summed E-state index contributed by atoms with van der Waals surface area (Å²) in [6.45, 7) is 2.45. The van der Waals surface area contributed by atoms with E-state index in [1.807, 2.05) is 65.6 Å². The Kier molecular flexibility index (Phi) is 5.29. The van der Waals surface area contributed by atoms with Crippen molar-refractivity contribution in [3.8, 4) is 5.75 Å². The minimum absolute atomic E-state index is 0.0420. The molecular weight excluding hydrogens is 302 g/mol. The Morgan fingerprint density at radius 1 is 1.04 bits per heavy atom. The molecule has 0 radical (unpaired) electrons. The van der Waals surface area contributed by atoms with Crippen molar-refractivity contribution >= 4 is 17.6 Å². The molecule has 0 aromatic heterocycles. The summed E-state index contributed by atoms with van der Waals surface area (Å²) >= 11 is 0. The van der Waals surface area contributed by atoms with Crippen molar-refractivity contribution in [1.82, 2.24) is 4.90 Å². The fraction of sp³-hybridized carbons (Fsp3) is 0.250. The second-order valence-corrected chi connectivity index (χ2v) is 5.60. The molecule has 0 unspecified atom stereocenters. The van der Waals surface area contributed by atoms with Gasteiger partial charge in [0.25, 0.3) is 5.91 Å². The summed E-state index contributed by atoms with van der Waals surface area (Å²) in [4.78, 5) is 14.9. The predicted octanol–water partition coefficient (Wildman–Crippen LogP) is 3.09. The summed E-state index contributed by atoms with van der Waals surface area (Å²) in [5.41, 5.74) is 2.59. The van der Waals surface area contributed by atoms with E-state index < -0.39 is 0 Å². The van der Waals surface area contributed by atoms with Crippen LogP contribution in [0.3, 0.4) is 0 Å². The topological polar surface area (TPSA) is 38.8 Å². The van der Waals surface area contributed by atoms with Crippen LogP contribution in [0.2, 0.25) is 0 Å². The summed E-state index contributed by atoms with van der Waals surface area (Å²) in [7, 11) is 1.64. The van der Waals surface area contributed by atoms with Crippen molar-refractivity contribution in [2.45, 2.75) is 0 Å². The molecule has 124 valence electrons. The van der Waals surface area contributed by atoms with Gasteiger partial charge in [-0.1, -0.05) is 42.5 Å². The highest BCUT2D eigenvalue weighted by Crippen LogP contribution is 2.22. The Morgan fingerprint density at radius 3 is 2.33 bits per heavy atom. The Hall–Kier alpha value is -2.59. The number of methoxy groups -OCH3 is 1. The molecule has 0 bridgehead atoms. The molecule has 0 saturated carbocycles. The number of rotatable bonds is 4. The van der Waals surface area contributed by atoms with Crippen LogP contribution < -0.4 is 4.74 Å². The second-order valence-electron chi connectivity index (χ2n) is 5.60. The van der Waals surface area contributed by atoms with Crippen molar-refractivity contribution in [3.05, 3.63) is 65.7 Å². The van der Waals surface area contributed by atoms with Crippen LogP contribution in [0.15, 0.2) is 54.6 Å². The van der Waals surface area contributed by atoms with Crippen LogP contribution in [0.1, 0.15) is 11.1 Å². The maximum atomic E-state index is 13.0. The Labute approximate surface area is 142 Å². The smallest absolute Gasteiger partial charge is 0.254 e. The number of amides is 1. The third kappa shape index (κ3) is 3.84. The molecule has 1 heterocycles. The van der Waals surface area contributed by atoms with Gasteiger partial charge in [-0.3, -0.25) is 4.79 Å². The third-order valence-corrected chi connectivity index (χ3v) is 4.04. The highest BCUT2D eigenvalue weighted by atomic mass is 16.5. The summed E-state index contributed by atoms with van der Waals surface area (Å²) < 4.78 is 10.5. The summed E-state index contributed by atoms with van der Waals surface area (Å²) in [5.74, 6) is 0.841. The molecule has 24 heavy (non-hydrogen) atoms. The van der Waals surface area contributed by atoms with E-state index in [-0.39, 0.29) is 5.91 Å². The molecule has 2 aromatic rings. The first kappa shape index (κ1) is 16.3. The van der Waals surface area contributed by atoms with Gasteiger partial charge in [0, 0.05) is 18.7 Å². The zero-order valence-corrected chi connectivity index (χ0v) is 13.8. The van der Waals surface area contributed by atoms with Gasteiger partial charge in [-0.05, 0) is 29.3 Å². The number of carbonyl (C=O) groups is 1.